The normalized spacial score (nSPS) is 22.6. The van der Waals surface area contributed by atoms with E-state index < -0.39 is 31.7 Å². The molecule has 2 aromatic heterocycles. The molecular weight excluding hydrogens is 695 g/mol. The number of aromatic nitrogens is 2. The number of pyridine rings is 1. The Morgan fingerprint density at radius 3 is 2.44 bits per heavy atom. The lowest BCUT2D eigenvalue weighted by Crippen LogP contribution is -2.65. The van der Waals surface area contributed by atoms with Gasteiger partial charge in [-0.1, -0.05) is 75.4 Å². The van der Waals surface area contributed by atoms with Gasteiger partial charge in [0.1, 0.15) is 17.9 Å². The van der Waals surface area contributed by atoms with Crippen LogP contribution in [0.1, 0.15) is 76.4 Å². The molecule has 1 N–H and O–H groups in total. The molecule has 278 valence electrons. The van der Waals surface area contributed by atoms with Crippen LogP contribution in [0, 0.1) is 18.8 Å². The molecule has 3 aromatic carbocycles. The molecule has 0 spiro atoms. The first-order valence-electron chi connectivity index (χ1n) is 18.7. The van der Waals surface area contributed by atoms with Gasteiger partial charge in [-0.25, -0.2) is 0 Å². The summed E-state index contributed by atoms with van der Waals surface area (Å²) in [5.41, 5.74) is 3.81. The average molecular weight is 742 g/mol. The van der Waals surface area contributed by atoms with Gasteiger partial charge >= 0.3 is 0 Å². The third-order valence-corrected chi connectivity index (χ3v) is 16.8. The van der Waals surface area contributed by atoms with Gasteiger partial charge in [-0.3, -0.25) is 19.5 Å². The predicted octanol–water partition coefficient (Wildman–Crippen LogP) is 9.22. The largest absolute Gasteiger partial charge is 0.508 e. The molecule has 0 aliphatic heterocycles. The molecule has 8 rings (SSSR count). The van der Waals surface area contributed by atoms with Gasteiger partial charge in [0, 0.05) is 35.0 Å². The van der Waals surface area contributed by atoms with Crippen molar-refractivity contribution in [1.82, 2.24) is 15.0 Å². The number of rotatable bonds is 7. The van der Waals surface area contributed by atoms with Gasteiger partial charge in [0.2, 0.25) is 5.78 Å². The lowest BCUT2D eigenvalue weighted by Gasteiger charge is -2.55. The highest BCUT2D eigenvalue weighted by atomic mass is 28.4. The first-order valence-corrected chi connectivity index (χ1v) is 21.6. The van der Waals surface area contributed by atoms with E-state index in [0.717, 1.165) is 38.6 Å². The van der Waals surface area contributed by atoms with E-state index in [0.29, 0.717) is 24.2 Å². The van der Waals surface area contributed by atoms with Gasteiger partial charge < -0.3 is 18.8 Å². The maximum Gasteiger partial charge on any atom is 0.265 e. The van der Waals surface area contributed by atoms with E-state index in [9.17, 15) is 5.11 Å². The molecular formula is C44H47N3O6Si. The number of aliphatic hydroxyl groups is 1. The number of carbonyl (C=O) groups is 2. The fraction of sp³-hybridized carbons (Fsp3) is 0.364. The molecule has 10 heteroatoms. The molecule has 3 aliphatic carbocycles. The smallest absolute Gasteiger partial charge is 0.265 e. The molecule has 4 atom stereocenters. The fourth-order valence-corrected chi connectivity index (χ4v) is 10.2. The van der Waals surface area contributed by atoms with Gasteiger partial charge in [-0.05, 0) is 108 Å². The van der Waals surface area contributed by atoms with E-state index in [1.165, 1.54) is 0 Å². The standard InChI is InChI=1S/C44H47N3O6Si/c1-25-32-21-27(29-15-12-18-45-23-29)16-17-28(32)19-30-20-31-22-33-37(47(5)6)39-36(42(46-52-39)51-24-26-13-10-9-11-14-26)41(50)44(33,53-54(7,8)43(2,3)4)40(49)35(31)38(48)34(25)30/h9-19,21,23,31,33,37,49H,20,22,24H2,1-8H3/t31-,33-,37-,44-/m0/s1. The third-order valence-electron chi connectivity index (χ3n) is 12.4. The summed E-state index contributed by atoms with van der Waals surface area (Å²) in [6, 6.07) is 21.5. The second kappa shape index (κ2) is 12.9. The Morgan fingerprint density at radius 2 is 1.76 bits per heavy atom. The number of ketones is 2. The van der Waals surface area contributed by atoms with Gasteiger partial charge in [0.05, 0.1) is 6.04 Å². The zero-order chi connectivity index (χ0) is 38.3. The minimum absolute atomic E-state index is 0.0503. The Labute approximate surface area is 317 Å². The summed E-state index contributed by atoms with van der Waals surface area (Å²) < 4.78 is 19.5. The molecule has 0 saturated heterocycles. The summed E-state index contributed by atoms with van der Waals surface area (Å²) >= 11 is 0. The highest BCUT2D eigenvalue weighted by molar-refractivity contribution is 6.74. The molecule has 0 saturated carbocycles. The summed E-state index contributed by atoms with van der Waals surface area (Å²) in [5.74, 6) is -1.51. The second-order valence-electron chi connectivity index (χ2n) is 16.9. The van der Waals surface area contributed by atoms with E-state index in [1.807, 2.05) is 74.6 Å². The number of allylic oxidation sites excluding steroid dienone is 1. The van der Waals surface area contributed by atoms with E-state index >= 15 is 9.59 Å². The van der Waals surface area contributed by atoms with Gasteiger partial charge in [-0.15, -0.1) is 0 Å². The number of fused-ring (bicyclic) bond motifs is 5. The van der Waals surface area contributed by atoms with Crippen molar-refractivity contribution in [3.8, 4) is 17.0 Å². The number of nitrogens with zero attached hydrogens (tertiary/aromatic N) is 3. The Hall–Kier alpha value is -4.90. The minimum atomic E-state index is -2.82. The van der Waals surface area contributed by atoms with Crippen molar-refractivity contribution in [1.29, 1.82) is 0 Å². The summed E-state index contributed by atoms with van der Waals surface area (Å²) in [6.45, 7) is 12.6. The van der Waals surface area contributed by atoms with Crippen LogP contribution < -0.4 is 4.74 Å². The Kier molecular flexibility index (Phi) is 8.59. The maximum absolute atomic E-state index is 15.5. The highest BCUT2D eigenvalue weighted by Gasteiger charge is 2.67. The molecule has 0 unspecified atom stereocenters. The Bertz CT molecular complexity index is 2340. The highest BCUT2D eigenvalue weighted by Crippen LogP contribution is 2.59. The Balaban J connectivity index is 1.31. The molecule has 0 amide bonds. The SMILES string of the molecule is Cc1c2c(cc3ccc(-c4cccnc4)cc13)C[C@H]1C[C@H]3[C@H](N(C)C)c4onc(OCc5ccccc5)c4C(=O)[C@@]3(O[Si](C)(C)C(C)(C)C)C(O)=C1C2=O. The van der Waals surface area contributed by atoms with Crippen molar-refractivity contribution in [2.45, 2.75) is 76.9 Å². The van der Waals surface area contributed by atoms with Crippen molar-refractivity contribution in [3.05, 3.63) is 124 Å². The number of carbonyl (C=O) groups excluding carboxylic acids is 2. The van der Waals surface area contributed by atoms with Crippen molar-refractivity contribution in [2.24, 2.45) is 11.8 Å². The van der Waals surface area contributed by atoms with Crippen LogP contribution in [0.25, 0.3) is 21.9 Å². The van der Waals surface area contributed by atoms with Crippen LogP contribution in [-0.2, 0) is 17.5 Å². The van der Waals surface area contributed by atoms with Crippen molar-refractivity contribution in [3.63, 3.8) is 0 Å². The molecule has 2 heterocycles. The molecule has 0 radical (unpaired) electrons. The quantitative estimate of drug-likeness (QED) is 0.163. The van der Waals surface area contributed by atoms with Crippen molar-refractivity contribution < 1.29 is 28.4 Å². The topological polar surface area (TPSA) is 115 Å². The average Bonchev–Trinajstić information content (AvgIpc) is 3.55. The molecule has 0 fully saturated rings. The zero-order valence-electron chi connectivity index (χ0n) is 32.2. The summed E-state index contributed by atoms with van der Waals surface area (Å²) in [5, 5.41) is 18.9. The van der Waals surface area contributed by atoms with E-state index in [1.54, 1.807) is 6.20 Å². The van der Waals surface area contributed by atoms with Crippen LogP contribution in [0.5, 0.6) is 5.88 Å². The first-order chi connectivity index (χ1) is 25.6. The van der Waals surface area contributed by atoms with Gasteiger partial charge in [0.25, 0.3) is 5.88 Å². The molecule has 5 aromatic rings. The van der Waals surface area contributed by atoms with Gasteiger partial charge in [0.15, 0.2) is 25.5 Å². The van der Waals surface area contributed by atoms with Crippen LogP contribution >= 0.6 is 0 Å². The first kappa shape index (κ1) is 36.1. The summed E-state index contributed by atoms with van der Waals surface area (Å²) in [6.07, 6.45) is 4.54. The number of hydrogen-bond acceptors (Lipinski definition) is 9. The zero-order valence-corrected chi connectivity index (χ0v) is 33.2. The number of Topliss-reactive ketones (excluding diaryl/α,β-unsaturated/α-hetero) is 2. The second-order valence-corrected chi connectivity index (χ2v) is 21.6. The molecule has 0 bridgehead atoms. The summed E-state index contributed by atoms with van der Waals surface area (Å²) in [4.78, 5) is 36.8. The minimum Gasteiger partial charge on any atom is -0.508 e. The lowest BCUT2D eigenvalue weighted by atomic mass is 9.58. The van der Waals surface area contributed by atoms with Crippen molar-refractivity contribution in [2.75, 3.05) is 14.1 Å². The number of aliphatic hydroxyl groups excluding tert-OH is 1. The number of hydrogen-bond donors (Lipinski definition) is 1. The van der Waals surface area contributed by atoms with E-state index in [2.05, 4.69) is 68.3 Å². The van der Waals surface area contributed by atoms with Crippen LogP contribution in [-0.4, -0.2) is 59.7 Å². The molecule has 54 heavy (non-hydrogen) atoms. The monoisotopic (exact) mass is 741 g/mol. The predicted molar refractivity (Wildman–Crippen MR) is 210 cm³/mol. The van der Waals surface area contributed by atoms with Gasteiger partial charge in [-0.2, -0.15) is 0 Å². The van der Waals surface area contributed by atoms with Crippen molar-refractivity contribution >= 4 is 30.7 Å². The number of ether oxygens (including phenoxy) is 1. The third kappa shape index (κ3) is 5.48. The van der Waals surface area contributed by atoms with Crippen LogP contribution in [0.3, 0.4) is 0 Å². The lowest BCUT2D eigenvalue weighted by molar-refractivity contribution is -0.0480. The number of benzene rings is 3. The van der Waals surface area contributed by atoms with Crippen LogP contribution in [0.2, 0.25) is 18.1 Å². The van der Waals surface area contributed by atoms with E-state index in [4.69, 9.17) is 13.7 Å². The number of aryl methyl sites for hydroxylation is 1. The fourth-order valence-electron chi connectivity index (χ4n) is 8.71. The molecule has 9 nitrogen and oxygen atoms in total. The van der Waals surface area contributed by atoms with E-state index in [-0.39, 0.29) is 46.1 Å². The van der Waals surface area contributed by atoms with Crippen LogP contribution in [0.4, 0.5) is 0 Å². The maximum atomic E-state index is 15.5. The Morgan fingerprint density at radius 1 is 1.00 bits per heavy atom. The van der Waals surface area contributed by atoms with Crippen LogP contribution in [0.15, 0.2) is 95.0 Å². The molecule has 3 aliphatic rings. The summed E-state index contributed by atoms with van der Waals surface area (Å²) in [7, 11) is 1.04.